The summed E-state index contributed by atoms with van der Waals surface area (Å²) in [6, 6.07) is 0. The maximum Gasteiger partial charge on any atom is 1.00 e. The van der Waals surface area contributed by atoms with Crippen molar-refractivity contribution in [3.8, 4) is 0 Å². The predicted octanol–water partition coefficient (Wildman–Crippen LogP) is 10.9. The number of unbranched alkanes of at least 4 members (excludes halogenated alkanes) is 36. The normalized spacial score (nSPS) is 11.4. The van der Waals surface area contributed by atoms with E-state index in [1.165, 1.54) is 231 Å². The molecule has 48 heavy (non-hydrogen) atoms. The zero-order chi connectivity index (χ0) is 34.1. The van der Waals surface area contributed by atoms with Crippen LogP contribution in [0.5, 0.6) is 0 Å². The zero-order valence-electron chi connectivity index (χ0n) is 33.8. The van der Waals surface area contributed by atoms with Crippen molar-refractivity contribution in [3.05, 3.63) is 0 Å². The molecule has 0 unspecified atom stereocenters. The number of hydrogen-bond donors (Lipinski definition) is 0. The van der Waals surface area contributed by atoms with Crippen LogP contribution in [0.4, 0.5) is 0 Å². The van der Waals surface area contributed by atoms with E-state index in [-0.39, 0.29) is 57.9 Å². The fourth-order valence-electron chi connectivity index (χ4n) is 7.28. The quantitative estimate of drug-likeness (QED) is 0.0470. The zero-order valence-corrected chi connectivity index (χ0v) is 36.9. The van der Waals surface area contributed by atoms with Gasteiger partial charge in [0.15, 0.2) is 0 Å². The summed E-state index contributed by atoms with van der Waals surface area (Å²) in [4.78, 5) is 13.4. The van der Waals surface area contributed by atoms with E-state index in [9.17, 15) is 9.90 Å². The molecule has 0 saturated carbocycles. The molecule has 282 valence electrons. The Labute approximate surface area is 346 Å². The molecule has 0 saturated heterocycles. The number of nitrogens with zero attached hydrogens (tertiary/aromatic N) is 1. The largest absolute Gasteiger partial charge is 1.00 e. The summed E-state index contributed by atoms with van der Waals surface area (Å²) in [5, 5.41) is 11.3. The molecular formula is C44H88KNO2. The third-order valence-electron chi connectivity index (χ3n) is 10.5. The van der Waals surface area contributed by atoms with Crippen molar-refractivity contribution < 1.29 is 61.3 Å². The van der Waals surface area contributed by atoms with Crippen LogP contribution < -0.4 is 56.5 Å². The van der Waals surface area contributed by atoms with Gasteiger partial charge in [-0.25, -0.2) is 0 Å². The van der Waals surface area contributed by atoms with Crippen LogP contribution in [0.3, 0.4) is 0 Å². The molecule has 0 aromatic heterocycles. The number of carbonyl (C=O) groups is 1. The van der Waals surface area contributed by atoms with Crippen LogP contribution in [0.1, 0.15) is 258 Å². The van der Waals surface area contributed by atoms with E-state index in [0.29, 0.717) is 0 Å². The maximum atomic E-state index is 11.3. The molecule has 3 nitrogen and oxygen atoms in total. The third-order valence-corrected chi connectivity index (χ3v) is 10.5. The Hall–Kier alpha value is 1.07. The smallest absolute Gasteiger partial charge is 0.549 e. The average molecular weight is 702 g/mol. The summed E-state index contributed by atoms with van der Waals surface area (Å²) in [5.41, 5.74) is 0. The van der Waals surface area contributed by atoms with E-state index in [1.54, 1.807) is 0 Å². The van der Waals surface area contributed by atoms with Crippen LogP contribution in [0, 0.1) is 0 Å². The molecule has 0 fully saturated rings. The third kappa shape index (κ3) is 45.1. The summed E-state index contributed by atoms with van der Waals surface area (Å²) in [7, 11) is 0. The predicted molar refractivity (Wildman–Crippen MR) is 208 cm³/mol. The Morgan fingerprint density at radius 3 is 0.667 bits per heavy atom. The summed E-state index contributed by atoms with van der Waals surface area (Å²) < 4.78 is 0. The van der Waals surface area contributed by atoms with Gasteiger partial charge in [0.25, 0.3) is 0 Å². The molecular weight excluding hydrogens is 614 g/mol. The molecule has 0 aliphatic carbocycles. The number of rotatable bonds is 42. The Balaban J connectivity index is 0. The minimum absolute atomic E-state index is 0. The second kappa shape index (κ2) is 46.1. The fourth-order valence-corrected chi connectivity index (χ4v) is 7.28. The standard InChI is InChI=1S/C44H89NO2.K/c1-3-5-7-9-11-13-15-17-19-21-23-25-27-29-31-33-35-37-39-41-45(43-44(46)47)42-40-38-36-34-32-30-28-26-24-22-20-18-16-14-12-10-8-6-4-2;/h3-43H2,1-2H3,(H,46,47);/q;+1/p-1. The van der Waals surface area contributed by atoms with Crippen LogP contribution in [-0.2, 0) is 4.79 Å². The Morgan fingerprint density at radius 1 is 0.333 bits per heavy atom. The topological polar surface area (TPSA) is 43.4 Å². The fraction of sp³-hybridized carbons (Fsp3) is 0.977. The van der Waals surface area contributed by atoms with Gasteiger partial charge in [0.2, 0.25) is 0 Å². The molecule has 0 bridgehead atoms. The van der Waals surface area contributed by atoms with E-state index in [0.717, 1.165) is 25.9 Å². The monoisotopic (exact) mass is 702 g/mol. The van der Waals surface area contributed by atoms with Gasteiger partial charge in [-0.2, -0.15) is 0 Å². The first-order chi connectivity index (χ1) is 23.2. The molecule has 0 aliphatic rings. The van der Waals surface area contributed by atoms with Crippen molar-refractivity contribution in [2.24, 2.45) is 0 Å². The van der Waals surface area contributed by atoms with Gasteiger partial charge in [0.1, 0.15) is 0 Å². The van der Waals surface area contributed by atoms with E-state index >= 15 is 0 Å². The summed E-state index contributed by atoms with van der Waals surface area (Å²) >= 11 is 0. The molecule has 0 amide bonds. The molecule has 0 heterocycles. The first-order valence-corrected chi connectivity index (χ1v) is 22.1. The molecule has 4 heteroatoms. The maximum absolute atomic E-state index is 11.3. The van der Waals surface area contributed by atoms with Crippen LogP contribution in [0.2, 0.25) is 0 Å². The number of aliphatic carboxylic acids is 1. The molecule has 0 N–H and O–H groups in total. The van der Waals surface area contributed by atoms with E-state index in [4.69, 9.17) is 0 Å². The molecule has 0 rings (SSSR count). The average Bonchev–Trinajstić information content (AvgIpc) is 3.06. The first-order valence-electron chi connectivity index (χ1n) is 22.1. The van der Waals surface area contributed by atoms with E-state index in [1.807, 2.05) is 0 Å². The number of carbonyl (C=O) groups excluding carboxylic acids is 1. The number of hydrogen-bond acceptors (Lipinski definition) is 3. The Morgan fingerprint density at radius 2 is 0.500 bits per heavy atom. The van der Waals surface area contributed by atoms with Gasteiger partial charge in [-0.3, -0.25) is 4.90 Å². The number of carboxylic acid groups (broad SMARTS) is 1. The first kappa shape index (κ1) is 51.2. The van der Waals surface area contributed by atoms with Crippen molar-refractivity contribution in [3.63, 3.8) is 0 Å². The molecule has 0 aromatic rings. The van der Waals surface area contributed by atoms with Crippen molar-refractivity contribution in [1.29, 1.82) is 0 Å². The van der Waals surface area contributed by atoms with E-state index in [2.05, 4.69) is 18.7 Å². The molecule has 0 aliphatic heterocycles. The summed E-state index contributed by atoms with van der Waals surface area (Å²) in [6.07, 6.45) is 52.9. The van der Waals surface area contributed by atoms with Gasteiger partial charge in [0.05, 0.1) is 5.97 Å². The van der Waals surface area contributed by atoms with Gasteiger partial charge >= 0.3 is 51.4 Å². The SMILES string of the molecule is CCCCCCCCCCCCCCCCCCCCCN(CCCCCCCCCCCCCCCCCCCCC)CC(=O)[O-].[K+]. The summed E-state index contributed by atoms with van der Waals surface area (Å²) in [5.74, 6) is -0.916. The van der Waals surface area contributed by atoms with Crippen LogP contribution in [-0.4, -0.2) is 30.5 Å². The number of carboxylic acids is 1. The molecule has 0 atom stereocenters. The van der Waals surface area contributed by atoms with Gasteiger partial charge in [-0.1, -0.05) is 245 Å². The minimum Gasteiger partial charge on any atom is -0.549 e. The van der Waals surface area contributed by atoms with Crippen molar-refractivity contribution in [2.75, 3.05) is 19.6 Å². The van der Waals surface area contributed by atoms with Crippen LogP contribution >= 0.6 is 0 Å². The second-order valence-corrected chi connectivity index (χ2v) is 15.4. The van der Waals surface area contributed by atoms with Gasteiger partial charge in [-0.15, -0.1) is 0 Å². The Bertz CT molecular complexity index is 544. The molecule has 0 aromatic carbocycles. The molecule has 0 radical (unpaired) electrons. The van der Waals surface area contributed by atoms with Gasteiger partial charge < -0.3 is 9.90 Å². The van der Waals surface area contributed by atoms with Crippen molar-refractivity contribution >= 4 is 5.97 Å². The minimum atomic E-state index is -0.916. The van der Waals surface area contributed by atoms with Gasteiger partial charge in [0, 0.05) is 6.54 Å². The van der Waals surface area contributed by atoms with Gasteiger partial charge in [-0.05, 0) is 25.9 Å². The molecule has 0 spiro atoms. The van der Waals surface area contributed by atoms with Crippen molar-refractivity contribution in [2.45, 2.75) is 258 Å². The van der Waals surface area contributed by atoms with Crippen LogP contribution in [0.15, 0.2) is 0 Å². The van der Waals surface area contributed by atoms with E-state index < -0.39 is 5.97 Å². The van der Waals surface area contributed by atoms with Crippen LogP contribution in [0.25, 0.3) is 0 Å². The Kier molecular flexibility index (Phi) is 49.1. The summed E-state index contributed by atoms with van der Waals surface area (Å²) in [6.45, 7) is 6.54. The van der Waals surface area contributed by atoms with Crippen molar-refractivity contribution in [1.82, 2.24) is 4.90 Å². The second-order valence-electron chi connectivity index (χ2n) is 15.4.